The van der Waals surface area contributed by atoms with Gasteiger partial charge < -0.3 is 4.74 Å². The summed E-state index contributed by atoms with van der Waals surface area (Å²) in [6.45, 7) is 0. The molecule has 0 aliphatic carbocycles. The van der Waals surface area contributed by atoms with Crippen LogP contribution >= 0.6 is 11.6 Å². The molecule has 88 valence electrons. The minimum Gasteiger partial charge on any atom is -0.424 e. The second kappa shape index (κ2) is 4.58. The van der Waals surface area contributed by atoms with E-state index in [1.807, 2.05) is 0 Å². The highest BCUT2D eigenvalue weighted by Crippen LogP contribution is 2.29. The topological polar surface area (TPSA) is 64.3 Å². The zero-order chi connectivity index (χ0) is 12.3. The molecule has 1 aromatic rings. The van der Waals surface area contributed by atoms with Crippen LogP contribution in [0.4, 0.5) is 13.2 Å². The normalized spacial score (nSPS) is 11.1. The summed E-state index contributed by atoms with van der Waals surface area (Å²) in [6.07, 6.45) is -4.18. The molecule has 0 bridgehead atoms. The quantitative estimate of drug-likeness (QED) is 0.487. The van der Waals surface area contributed by atoms with Crippen molar-refractivity contribution >= 4 is 17.5 Å². The summed E-state index contributed by atoms with van der Waals surface area (Å²) in [5.74, 6) is 1.43. The van der Waals surface area contributed by atoms with Gasteiger partial charge in [-0.1, -0.05) is 11.6 Å². The Morgan fingerprint density at radius 1 is 1.50 bits per heavy atom. The van der Waals surface area contributed by atoms with Crippen molar-refractivity contribution in [3.63, 3.8) is 0 Å². The van der Waals surface area contributed by atoms with Crippen molar-refractivity contribution in [2.24, 2.45) is 5.84 Å². The number of nitrogens with two attached hydrogens (primary N) is 1. The van der Waals surface area contributed by atoms with E-state index < -0.39 is 23.6 Å². The zero-order valence-electron chi connectivity index (χ0n) is 7.64. The van der Waals surface area contributed by atoms with E-state index in [9.17, 15) is 18.0 Å². The Morgan fingerprint density at radius 3 is 2.62 bits per heavy atom. The van der Waals surface area contributed by atoms with Gasteiger partial charge in [-0.15, -0.1) is 0 Å². The van der Waals surface area contributed by atoms with Crippen LogP contribution in [-0.2, 0) is 4.79 Å². The predicted molar refractivity (Wildman–Crippen MR) is 49.3 cm³/mol. The first-order valence-electron chi connectivity index (χ1n) is 3.90. The lowest BCUT2D eigenvalue weighted by Gasteiger charge is -2.16. The minimum absolute atomic E-state index is 0.385. The fourth-order valence-electron chi connectivity index (χ4n) is 0.826. The lowest BCUT2D eigenvalue weighted by atomic mass is 10.3. The summed E-state index contributed by atoms with van der Waals surface area (Å²) in [5, 5.41) is -0.385. The van der Waals surface area contributed by atoms with Gasteiger partial charge in [0.05, 0.1) is 5.02 Å². The molecular weight excluding hydrogens is 249 g/mol. The molecule has 0 fully saturated rings. The Morgan fingerprint density at radius 2 is 2.12 bits per heavy atom. The maximum atomic E-state index is 12.9. The molecule has 0 radical (unpaired) electrons. The van der Waals surface area contributed by atoms with Crippen molar-refractivity contribution in [3.05, 3.63) is 29.0 Å². The molecule has 1 aromatic carbocycles. The second-order valence-electron chi connectivity index (χ2n) is 2.67. The van der Waals surface area contributed by atoms with E-state index in [1.165, 1.54) is 5.43 Å². The number of nitrogens with one attached hydrogen (secondary N) is 1. The van der Waals surface area contributed by atoms with E-state index >= 15 is 0 Å². The second-order valence-corrected chi connectivity index (χ2v) is 3.07. The molecule has 0 heterocycles. The fraction of sp³-hybridized carbons (Fsp3) is 0.125. The lowest BCUT2D eigenvalue weighted by Crippen LogP contribution is -2.47. The average molecular weight is 255 g/mol. The smallest absolute Gasteiger partial charge is 0.424 e. The fourth-order valence-corrected chi connectivity index (χ4v) is 1.03. The number of rotatable bonds is 3. The molecule has 1 rings (SSSR count). The molecule has 0 aromatic heterocycles. The Balaban J connectivity index is 2.92. The highest BCUT2D eigenvalue weighted by atomic mass is 35.5. The molecule has 8 heteroatoms. The van der Waals surface area contributed by atoms with Crippen LogP contribution in [-0.4, -0.2) is 12.0 Å². The number of ether oxygens (including phenoxy) is 1. The van der Waals surface area contributed by atoms with E-state index in [2.05, 4.69) is 10.6 Å². The van der Waals surface area contributed by atoms with E-state index in [0.29, 0.717) is 0 Å². The van der Waals surface area contributed by atoms with E-state index in [4.69, 9.17) is 11.6 Å². The average Bonchev–Trinajstić information content (AvgIpc) is 2.21. The molecule has 1 amide bonds. The number of carbonyl (C=O) groups excluding carboxylic acids is 1. The van der Waals surface area contributed by atoms with Crippen LogP contribution in [0.2, 0.25) is 5.02 Å². The molecule has 0 aliphatic rings. The summed E-state index contributed by atoms with van der Waals surface area (Å²) < 4.78 is 42.4. The predicted octanol–water partition coefficient (Wildman–Crippen LogP) is 1.44. The zero-order valence-corrected chi connectivity index (χ0v) is 8.39. The lowest BCUT2D eigenvalue weighted by molar-refractivity contribution is -0.192. The number of hydrazine groups is 1. The molecule has 0 spiro atoms. The molecular formula is C8H6ClF3N2O2. The molecule has 3 N–H and O–H groups in total. The van der Waals surface area contributed by atoms with Crippen LogP contribution in [0.1, 0.15) is 0 Å². The largest absolute Gasteiger partial charge is 0.483 e. The highest BCUT2D eigenvalue weighted by Gasteiger charge is 2.42. The monoisotopic (exact) mass is 254 g/mol. The van der Waals surface area contributed by atoms with Crippen molar-refractivity contribution in [1.29, 1.82) is 0 Å². The van der Waals surface area contributed by atoms with Gasteiger partial charge in [0.1, 0.15) is 11.6 Å². The Labute approximate surface area is 93.1 Å². The van der Waals surface area contributed by atoms with Crippen LogP contribution in [0.15, 0.2) is 18.2 Å². The van der Waals surface area contributed by atoms with E-state index in [1.54, 1.807) is 0 Å². The van der Waals surface area contributed by atoms with Gasteiger partial charge >= 0.3 is 12.0 Å². The van der Waals surface area contributed by atoms with Gasteiger partial charge in [-0.25, -0.2) is 10.2 Å². The number of benzene rings is 1. The minimum atomic E-state index is -4.18. The van der Waals surface area contributed by atoms with Crippen LogP contribution in [0, 0.1) is 5.82 Å². The number of halogens is 4. The van der Waals surface area contributed by atoms with Gasteiger partial charge in [-0.05, 0) is 18.2 Å². The maximum Gasteiger partial charge on any atom is 0.483 e. The van der Waals surface area contributed by atoms with E-state index in [0.717, 1.165) is 18.2 Å². The van der Waals surface area contributed by atoms with Crippen LogP contribution in [0.5, 0.6) is 5.75 Å². The van der Waals surface area contributed by atoms with Crippen molar-refractivity contribution in [2.75, 3.05) is 0 Å². The highest BCUT2D eigenvalue weighted by molar-refractivity contribution is 6.32. The first kappa shape index (κ1) is 12.6. The SMILES string of the molecule is NNC(=O)C(F)(F)Oc1ccc(F)cc1Cl. The number of hydrogen-bond acceptors (Lipinski definition) is 3. The Hall–Kier alpha value is -1.47. The van der Waals surface area contributed by atoms with E-state index in [-0.39, 0.29) is 5.02 Å². The van der Waals surface area contributed by atoms with Crippen LogP contribution in [0.25, 0.3) is 0 Å². The van der Waals surface area contributed by atoms with Gasteiger partial charge in [0.25, 0.3) is 0 Å². The summed E-state index contributed by atoms with van der Waals surface area (Å²) in [7, 11) is 0. The summed E-state index contributed by atoms with van der Waals surface area (Å²) in [4.78, 5) is 10.6. The number of carbonyl (C=O) groups is 1. The number of amides is 1. The molecule has 0 unspecified atom stereocenters. The van der Waals surface area contributed by atoms with Gasteiger partial charge in [0.2, 0.25) is 0 Å². The standard InChI is InChI=1S/C8H6ClF3N2O2/c9-5-3-4(10)1-2-6(5)16-8(11,12)7(15)14-13/h1-3H,13H2,(H,14,15). The number of alkyl halides is 2. The summed E-state index contributed by atoms with van der Waals surface area (Å²) in [6, 6.07) is 2.50. The molecule has 4 nitrogen and oxygen atoms in total. The van der Waals surface area contributed by atoms with Gasteiger partial charge in [0, 0.05) is 0 Å². The first-order chi connectivity index (χ1) is 7.36. The Bertz CT molecular complexity index is 414. The van der Waals surface area contributed by atoms with Gasteiger partial charge in [0.15, 0.2) is 0 Å². The molecule has 16 heavy (non-hydrogen) atoms. The van der Waals surface area contributed by atoms with Crippen molar-refractivity contribution in [1.82, 2.24) is 5.43 Å². The maximum absolute atomic E-state index is 12.9. The van der Waals surface area contributed by atoms with Crippen molar-refractivity contribution < 1.29 is 22.7 Å². The number of hydrogen-bond donors (Lipinski definition) is 2. The van der Waals surface area contributed by atoms with Gasteiger partial charge in [-0.3, -0.25) is 10.2 Å². The van der Waals surface area contributed by atoms with Crippen LogP contribution in [0.3, 0.4) is 0 Å². The molecule has 0 saturated carbocycles. The molecule has 0 saturated heterocycles. The third kappa shape index (κ3) is 2.77. The Kier molecular flexibility index (Phi) is 3.61. The molecule has 0 aliphatic heterocycles. The summed E-state index contributed by atoms with van der Waals surface area (Å²) in [5.41, 5.74) is 1.23. The third-order valence-electron chi connectivity index (χ3n) is 1.53. The van der Waals surface area contributed by atoms with Crippen molar-refractivity contribution in [2.45, 2.75) is 6.11 Å². The van der Waals surface area contributed by atoms with Gasteiger partial charge in [-0.2, -0.15) is 8.78 Å². The van der Waals surface area contributed by atoms with Crippen LogP contribution < -0.4 is 16.0 Å². The first-order valence-corrected chi connectivity index (χ1v) is 4.27. The molecule has 0 atom stereocenters. The third-order valence-corrected chi connectivity index (χ3v) is 1.82. The summed E-state index contributed by atoms with van der Waals surface area (Å²) >= 11 is 5.42. The van der Waals surface area contributed by atoms with Crippen molar-refractivity contribution in [3.8, 4) is 5.75 Å².